The summed E-state index contributed by atoms with van der Waals surface area (Å²) >= 11 is 0. The predicted octanol–water partition coefficient (Wildman–Crippen LogP) is 0.917. The molecule has 1 fully saturated rings. The maximum Gasteiger partial charge on any atom is 0.329 e. The van der Waals surface area contributed by atoms with Crippen molar-refractivity contribution in [1.82, 2.24) is 10.2 Å². The Morgan fingerprint density at radius 1 is 1.53 bits per heavy atom. The van der Waals surface area contributed by atoms with Gasteiger partial charge in [0.15, 0.2) is 0 Å². The number of halogens is 2. The Labute approximate surface area is 109 Å². The average molecular weight is 280 g/mol. The number of urea groups is 1. The number of rotatable bonds is 6. The first-order valence-electron chi connectivity index (χ1n) is 6.02. The first kappa shape index (κ1) is 15.6. The highest BCUT2D eigenvalue weighted by Gasteiger charge is 2.45. The number of likely N-dealkylation sites (tertiary alicyclic amines) is 1. The highest BCUT2D eigenvalue weighted by Crippen LogP contribution is 2.28. The fourth-order valence-corrected chi connectivity index (χ4v) is 2.01. The number of carboxylic acid groups (broad SMARTS) is 1. The monoisotopic (exact) mass is 280 g/mol. The highest BCUT2D eigenvalue weighted by molar-refractivity contribution is 5.86. The van der Waals surface area contributed by atoms with Crippen LogP contribution in [0.25, 0.3) is 0 Å². The number of carbonyl (C=O) groups excluding carboxylic acids is 1. The molecule has 1 rings (SSSR count). The number of hydrogen-bond donors (Lipinski definition) is 2. The largest absolute Gasteiger partial charge is 0.480 e. The van der Waals surface area contributed by atoms with Crippen molar-refractivity contribution in [3.05, 3.63) is 0 Å². The molecule has 0 saturated carbocycles. The molecule has 0 spiro atoms. The van der Waals surface area contributed by atoms with E-state index in [9.17, 15) is 18.4 Å². The summed E-state index contributed by atoms with van der Waals surface area (Å²) in [6, 6.07) is -0.511. The summed E-state index contributed by atoms with van der Waals surface area (Å²) in [5.74, 6) is -1.05. The molecule has 2 N–H and O–H groups in total. The van der Waals surface area contributed by atoms with E-state index >= 15 is 0 Å². The summed E-state index contributed by atoms with van der Waals surface area (Å²) < 4.78 is 28.2. The van der Waals surface area contributed by atoms with Crippen LogP contribution < -0.4 is 5.32 Å². The molecule has 19 heavy (non-hydrogen) atoms. The van der Waals surface area contributed by atoms with Crippen LogP contribution in [0.2, 0.25) is 0 Å². The van der Waals surface area contributed by atoms with Gasteiger partial charge < -0.3 is 20.1 Å². The van der Waals surface area contributed by atoms with Gasteiger partial charge in [-0.25, -0.2) is 18.4 Å². The highest BCUT2D eigenvalue weighted by atomic mass is 19.3. The standard InChI is InChI=1S/C11H18F2N2O4/c1-11(9(16)17)3-2-5-15(11)10(18)14-4-6-19-7-8(12)13/h8H,2-7H2,1H3,(H,14,18)(H,16,17). The zero-order valence-corrected chi connectivity index (χ0v) is 10.7. The molecule has 0 aromatic heterocycles. The van der Waals surface area contributed by atoms with Crippen LogP contribution in [-0.2, 0) is 9.53 Å². The summed E-state index contributed by atoms with van der Waals surface area (Å²) in [4.78, 5) is 24.2. The van der Waals surface area contributed by atoms with Crippen LogP contribution in [0.4, 0.5) is 13.6 Å². The van der Waals surface area contributed by atoms with Crippen LogP contribution in [0.1, 0.15) is 19.8 Å². The van der Waals surface area contributed by atoms with E-state index in [0.29, 0.717) is 19.4 Å². The van der Waals surface area contributed by atoms with Gasteiger partial charge in [0, 0.05) is 13.1 Å². The molecular formula is C11H18F2N2O4. The molecular weight excluding hydrogens is 262 g/mol. The molecule has 1 aliphatic rings. The van der Waals surface area contributed by atoms with E-state index in [1.165, 1.54) is 11.8 Å². The number of nitrogens with zero attached hydrogens (tertiary/aromatic N) is 1. The third kappa shape index (κ3) is 4.02. The van der Waals surface area contributed by atoms with Crippen LogP contribution in [0.5, 0.6) is 0 Å². The Bertz CT molecular complexity index is 341. The van der Waals surface area contributed by atoms with Gasteiger partial charge in [0.05, 0.1) is 6.61 Å². The summed E-state index contributed by atoms with van der Waals surface area (Å²) in [6.07, 6.45) is -1.51. The van der Waals surface area contributed by atoms with Crippen molar-refractivity contribution < 1.29 is 28.2 Å². The number of nitrogens with one attached hydrogen (secondary N) is 1. The molecule has 1 unspecified atom stereocenters. The molecule has 2 amide bonds. The lowest BCUT2D eigenvalue weighted by atomic mass is 10.00. The minimum atomic E-state index is -2.54. The zero-order chi connectivity index (χ0) is 14.5. The number of carboxylic acids is 1. The second kappa shape index (κ2) is 6.65. The van der Waals surface area contributed by atoms with E-state index in [1.807, 2.05) is 0 Å². The second-order valence-corrected chi connectivity index (χ2v) is 4.53. The van der Waals surface area contributed by atoms with Crippen molar-refractivity contribution >= 4 is 12.0 Å². The van der Waals surface area contributed by atoms with E-state index in [4.69, 9.17) is 5.11 Å². The fraction of sp³-hybridized carbons (Fsp3) is 0.818. The number of amides is 2. The Balaban J connectivity index is 2.35. The lowest BCUT2D eigenvalue weighted by molar-refractivity contribution is -0.147. The van der Waals surface area contributed by atoms with Crippen LogP contribution in [-0.4, -0.2) is 60.3 Å². The molecule has 8 heteroatoms. The van der Waals surface area contributed by atoms with Crippen molar-refractivity contribution in [2.45, 2.75) is 31.7 Å². The Hall–Kier alpha value is -1.44. The molecule has 0 radical (unpaired) electrons. The fourth-order valence-electron chi connectivity index (χ4n) is 2.01. The van der Waals surface area contributed by atoms with Gasteiger partial charge in [-0.2, -0.15) is 0 Å². The van der Waals surface area contributed by atoms with Gasteiger partial charge in [-0.3, -0.25) is 0 Å². The maximum absolute atomic E-state index is 11.8. The number of carbonyl (C=O) groups is 2. The smallest absolute Gasteiger partial charge is 0.329 e. The van der Waals surface area contributed by atoms with E-state index < -0.39 is 30.6 Å². The number of hydrogen-bond acceptors (Lipinski definition) is 3. The maximum atomic E-state index is 11.8. The molecule has 0 aromatic rings. The topological polar surface area (TPSA) is 78.9 Å². The molecule has 1 atom stereocenters. The average Bonchev–Trinajstić information content (AvgIpc) is 2.71. The predicted molar refractivity (Wildman–Crippen MR) is 62.2 cm³/mol. The normalized spacial score (nSPS) is 22.8. The van der Waals surface area contributed by atoms with Crippen molar-refractivity contribution in [3.63, 3.8) is 0 Å². The number of ether oxygens (including phenoxy) is 1. The molecule has 0 aromatic carbocycles. The summed E-state index contributed by atoms with van der Waals surface area (Å²) in [6.45, 7) is 1.22. The Morgan fingerprint density at radius 2 is 2.21 bits per heavy atom. The molecule has 0 aliphatic carbocycles. The molecule has 1 heterocycles. The van der Waals surface area contributed by atoms with Crippen molar-refractivity contribution in [2.24, 2.45) is 0 Å². The summed E-state index contributed by atoms with van der Waals surface area (Å²) in [5, 5.41) is 11.6. The second-order valence-electron chi connectivity index (χ2n) is 4.53. The molecule has 0 bridgehead atoms. The van der Waals surface area contributed by atoms with E-state index in [2.05, 4.69) is 10.1 Å². The minimum Gasteiger partial charge on any atom is -0.480 e. The van der Waals surface area contributed by atoms with Crippen LogP contribution in [0.15, 0.2) is 0 Å². The van der Waals surface area contributed by atoms with Crippen LogP contribution in [0, 0.1) is 0 Å². The van der Waals surface area contributed by atoms with E-state index in [0.717, 1.165) is 0 Å². The number of aliphatic carboxylic acids is 1. The Kier molecular flexibility index (Phi) is 5.46. The quantitative estimate of drug-likeness (QED) is 0.709. The first-order valence-corrected chi connectivity index (χ1v) is 6.02. The SMILES string of the molecule is CC1(C(=O)O)CCCN1C(=O)NCCOCC(F)F. The summed E-state index contributed by atoms with van der Waals surface area (Å²) in [7, 11) is 0. The minimum absolute atomic E-state index is 0.0340. The first-order chi connectivity index (χ1) is 8.88. The van der Waals surface area contributed by atoms with Gasteiger partial charge in [0.25, 0.3) is 6.43 Å². The molecule has 1 aliphatic heterocycles. The summed E-state index contributed by atoms with van der Waals surface area (Å²) in [5.41, 5.74) is -1.20. The third-order valence-electron chi connectivity index (χ3n) is 3.11. The lowest BCUT2D eigenvalue weighted by Gasteiger charge is -2.31. The van der Waals surface area contributed by atoms with Gasteiger partial charge in [0.1, 0.15) is 12.1 Å². The van der Waals surface area contributed by atoms with Gasteiger partial charge in [-0.15, -0.1) is 0 Å². The zero-order valence-electron chi connectivity index (χ0n) is 10.7. The van der Waals surface area contributed by atoms with Crippen molar-refractivity contribution in [3.8, 4) is 0 Å². The lowest BCUT2D eigenvalue weighted by Crippen LogP contribution is -2.54. The van der Waals surface area contributed by atoms with Crippen LogP contribution >= 0.6 is 0 Å². The molecule has 110 valence electrons. The van der Waals surface area contributed by atoms with Crippen molar-refractivity contribution in [2.75, 3.05) is 26.3 Å². The molecule has 1 saturated heterocycles. The van der Waals surface area contributed by atoms with Gasteiger partial charge in [0.2, 0.25) is 0 Å². The van der Waals surface area contributed by atoms with Crippen molar-refractivity contribution in [1.29, 1.82) is 0 Å². The van der Waals surface area contributed by atoms with Crippen LogP contribution in [0.3, 0.4) is 0 Å². The Morgan fingerprint density at radius 3 is 2.79 bits per heavy atom. The molecule has 6 nitrogen and oxygen atoms in total. The van der Waals surface area contributed by atoms with Gasteiger partial charge >= 0.3 is 12.0 Å². The number of alkyl halides is 2. The van der Waals surface area contributed by atoms with E-state index in [1.54, 1.807) is 0 Å². The van der Waals surface area contributed by atoms with E-state index in [-0.39, 0.29) is 13.2 Å². The van der Waals surface area contributed by atoms with Gasteiger partial charge in [-0.1, -0.05) is 0 Å². The van der Waals surface area contributed by atoms with Gasteiger partial charge in [-0.05, 0) is 19.8 Å². The third-order valence-corrected chi connectivity index (χ3v) is 3.11.